The maximum atomic E-state index is 12.1. The number of sulfonamides is 1. The molecule has 1 aromatic heterocycles. The summed E-state index contributed by atoms with van der Waals surface area (Å²) in [6.07, 6.45) is 2.04. The van der Waals surface area contributed by atoms with E-state index >= 15 is 0 Å². The van der Waals surface area contributed by atoms with Gasteiger partial charge >= 0.3 is 0 Å². The van der Waals surface area contributed by atoms with Crippen molar-refractivity contribution in [1.82, 2.24) is 4.98 Å². The first-order valence-electron chi connectivity index (χ1n) is 6.30. The molecule has 0 saturated heterocycles. The summed E-state index contributed by atoms with van der Waals surface area (Å²) in [6, 6.07) is 5.21. The molecule has 0 radical (unpaired) electrons. The lowest BCUT2D eigenvalue weighted by atomic mass is 10.1. The number of carbonyl (C=O) groups is 1. The molecule has 8 heteroatoms. The molecule has 1 aliphatic heterocycles. The Hall–Kier alpha value is -1.93. The average Bonchev–Trinajstić information content (AvgIpc) is 3.07. The van der Waals surface area contributed by atoms with E-state index in [1.165, 1.54) is 18.6 Å². The highest BCUT2D eigenvalue weighted by atomic mass is 32.2. The van der Waals surface area contributed by atoms with Gasteiger partial charge in [0.05, 0.1) is 11.7 Å². The summed E-state index contributed by atoms with van der Waals surface area (Å²) in [5.74, 6) is -0.00765. The number of nitrogens with zero attached hydrogens (tertiary/aromatic N) is 2. The fourth-order valence-corrected chi connectivity index (χ4v) is 4.18. The number of nitrogens with one attached hydrogen (secondary N) is 1. The number of hydrogen-bond acceptors (Lipinski definition) is 5. The molecule has 110 valence electrons. The quantitative estimate of drug-likeness (QED) is 0.935. The van der Waals surface area contributed by atoms with Gasteiger partial charge in [-0.15, -0.1) is 11.3 Å². The first-order valence-corrected chi connectivity index (χ1v) is 8.66. The molecule has 0 aliphatic carbocycles. The summed E-state index contributed by atoms with van der Waals surface area (Å²) in [5.41, 5.74) is 3.78. The van der Waals surface area contributed by atoms with Gasteiger partial charge in [0.2, 0.25) is 5.91 Å². The van der Waals surface area contributed by atoms with E-state index in [4.69, 9.17) is 0 Å². The van der Waals surface area contributed by atoms with Crippen LogP contribution in [-0.4, -0.2) is 25.9 Å². The van der Waals surface area contributed by atoms with Gasteiger partial charge in [-0.25, -0.2) is 8.42 Å². The molecule has 1 aromatic carbocycles. The summed E-state index contributed by atoms with van der Waals surface area (Å²) in [4.78, 5) is 17.0. The number of aromatic nitrogens is 1. The SMILES string of the molecule is CC(=O)N1CCc2cc(NS(=O)(=O)c3cncs3)ccc21. The molecule has 1 N–H and O–H groups in total. The van der Waals surface area contributed by atoms with Gasteiger partial charge in [0.25, 0.3) is 10.0 Å². The van der Waals surface area contributed by atoms with Crippen LogP contribution in [0.2, 0.25) is 0 Å². The lowest BCUT2D eigenvalue weighted by Crippen LogP contribution is -2.25. The van der Waals surface area contributed by atoms with Crippen molar-refractivity contribution in [2.75, 3.05) is 16.2 Å². The maximum Gasteiger partial charge on any atom is 0.273 e. The van der Waals surface area contributed by atoms with E-state index in [9.17, 15) is 13.2 Å². The Bertz CT molecular complexity index is 785. The molecule has 21 heavy (non-hydrogen) atoms. The molecule has 0 fully saturated rings. The average molecular weight is 323 g/mol. The standard InChI is InChI=1S/C13H13N3O3S2/c1-9(17)16-5-4-10-6-11(2-3-12(10)16)15-21(18,19)13-7-14-8-20-13/h2-3,6-8,15H,4-5H2,1H3. The largest absolute Gasteiger partial charge is 0.312 e. The smallest absolute Gasteiger partial charge is 0.273 e. The molecule has 0 saturated carbocycles. The van der Waals surface area contributed by atoms with Crippen LogP contribution in [0.1, 0.15) is 12.5 Å². The monoisotopic (exact) mass is 323 g/mol. The van der Waals surface area contributed by atoms with E-state index in [-0.39, 0.29) is 10.1 Å². The Kier molecular flexibility index (Phi) is 3.42. The van der Waals surface area contributed by atoms with Crippen LogP contribution in [0.3, 0.4) is 0 Å². The van der Waals surface area contributed by atoms with Crippen LogP contribution in [0.5, 0.6) is 0 Å². The van der Waals surface area contributed by atoms with Crippen molar-refractivity contribution >= 4 is 38.6 Å². The van der Waals surface area contributed by atoms with Crippen LogP contribution in [0, 0.1) is 0 Å². The van der Waals surface area contributed by atoms with Gasteiger partial charge in [-0.1, -0.05) is 0 Å². The number of thiazole rings is 1. The summed E-state index contributed by atoms with van der Waals surface area (Å²) in [5, 5.41) is 0. The number of hydrogen-bond donors (Lipinski definition) is 1. The van der Waals surface area contributed by atoms with Crippen LogP contribution in [0.4, 0.5) is 11.4 Å². The van der Waals surface area contributed by atoms with E-state index in [0.29, 0.717) is 12.2 Å². The Balaban J connectivity index is 1.88. The van der Waals surface area contributed by atoms with Gasteiger partial charge in [-0.05, 0) is 30.2 Å². The molecule has 6 nitrogen and oxygen atoms in total. The van der Waals surface area contributed by atoms with Crippen LogP contribution in [-0.2, 0) is 21.2 Å². The van der Waals surface area contributed by atoms with Crippen molar-refractivity contribution in [2.24, 2.45) is 0 Å². The normalized spacial score (nSPS) is 14.0. The Morgan fingerprint density at radius 3 is 2.90 bits per heavy atom. The zero-order valence-electron chi connectivity index (χ0n) is 11.2. The summed E-state index contributed by atoms with van der Waals surface area (Å²) < 4.78 is 27.0. The molecule has 2 heterocycles. The van der Waals surface area contributed by atoms with E-state index in [2.05, 4.69) is 9.71 Å². The lowest BCUT2D eigenvalue weighted by molar-refractivity contribution is -0.116. The Morgan fingerprint density at radius 1 is 1.43 bits per heavy atom. The van der Waals surface area contributed by atoms with Crippen molar-refractivity contribution in [3.05, 3.63) is 35.5 Å². The Morgan fingerprint density at radius 2 is 2.24 bits per heavy atom. The van der Waals surface area contributed by atoms with E-state index in [0.717, 1.165) is 29.0 Å². The third-order valence-electron chi connectivity index (χ3n) is 3.28. The second-order valence-electron chi connectivity index (χ2n) is 4.69. The highest BCUT2D eigenvalue weighted by Gasteiger charge is 2.23. The first-order chi connectivity index (χ1) is 9.97. The fraction of sp³-hybridized carbons (Fsp3) is 0.231. The van der Waals surface area contributed by atoms with E-state index in [1.807, 2.05) is 0 Å². The topological polar surface area (TPSA) is 79.4 Å². The highest BCUT2D eigenvalue weighted by molar-refractivity contribution is 7.94. The lowest BCUT2D eigenvalue weighted by Gasteiger charge is -2.15. The van der Waals surface area contributed by atoms with Gasteiger partial charge in [-0.3, -0.25) is 14.5 Å². The zero-order chi connectivity index (χ0) is 15.0. The molecule has 1 aliphatic rings. The molecule has 0 bridgehead atoms. The molecule has 2 aromatic rings. The van der Waals surface area contributed by atoms with Gasteiger partial charge < -0.3 is 4.90 Å². The van der Waals surface area contributed by atoms with Gasteiger partial charge in [0.15, 0.2) is 4.21 Å². The van der Waals surface area contributed by atoms with Crippen molar-refractivity contribution in [2.45, 2.75) is 17.6 Å². The third kappa shape index (κ3) is 2.64. The van der Waals surface area contributed by atoms with Crippen LogP contribution < -0.4 is 9.62 Å². The van der Waals surface area contributed by atoms with Crippen molar-refractivity contribution < 1.29 is 13.2 Å². The molecule has 0 spiro atoms. The first kappa shape index (κ1) is 14.0. The summed E-state index contributed by atoms with van der Waals surface area (Å²) in [6.45, 7) is 2.16. The third-order valence-corrected chi connectivity index (χ3v) is 5.93. The van der Waals surface area contributed by atoms with Crippen LogP contribution >= 0.6 is 11.3 Å². The summed E-state index contributed by atoms with van der Waals surface area (Å²) >= 11 is 1.06. The number of anilines is 2. The second-order valence-corrected chi connectivity index (χ2v) is 7.49. The maximum absolute atomic E-state index is 12.1. The van der Waals surface area contributed by atoms with E-state index < -0.39 is 10.0 Å². The molecule has 0 unspecified atom stereocenters. The predicted octanol–water partition coefficient (Wildman–Crippen LogP) is 1.85. The predicted molar refractivity (Wildman–Crippen MR) is 81.1 cm³/mol. The fourth-order valence-electron chi connectivity index (χ4n) is 2.33. The molecule has 3 rings (SSSR count). The van der Waals surface area contributed by atoms with Crippen molar-refractivity contribution in [3.63, 3.8) is 0 Å². The van der Waals surface area contributed by atoms with Crippen LogP contribution in [0.15, 0.2) is 34.1 Å². The molecule has 1 amide bonds. The highest BCUT2D eigenvalue weighted by Crippen LogP contribution is 2.31. The number of rotatable bonds is 3. The number of benzene rings is 1. The van der Waals surface area contributed by atoms with Gasteiger partial charge in [0.1, 0.15) is 0 Å². The molecule has 0 atom stereocenters. The van der Waals surface area contributed by atoms with Gasteiger partial charge in [0, 0.05) is 24.8 Å². The van der Waals surface area contributed by atoms with Crippen LogP contribution in [0.25, 0.3) is 0 Å². The minimum absolute atomic E-state index is 0.00765. The second kappa shape index (κ2) is 5.12. The number of fused-ring (bicyclic) bond motifs is 1. The summed E-state index contributed by atoms with van der Waals surface area (Å²) in [7, 11) is -3.59. The Labute approximate surface area is 126 Å². The van der Waals surface area contributed by atoms with Gasteiger partial charge in [-0.2, -0.15) is 0 Å². The minimum atomic E-state index is -3.59. The van der Waals surface area contributed by atoms with Crippen molar-refractivity contribution in [3.8, 4) is 0 Å². The van der Waals surface area contributed by atoms with Crippen molar-refractivity contribution in [1.29, 1.82) is 0 Å². The number of carbonyl (C=O) groups excluding carboxylic acids is 1. The number of amides is 1. The van der Waals surface area contributed by atoms with E-state index in [1.54, 1.807) is 23.1 Å². The molecular weight excluding hydrogens is 310 g/mol. The zero-order valence-corrected chi connectivity index (χ0v) is 12.9. The minimum Gasteiger partial charge on any atom is -0.312 e. The molecular formula is C13H13N3O3S2.